The Bertz CT molecular complexity index is 172. The average Bonchev–Trinajstić information content (AvgIpc) is 2.03. The second-order valence-corrected chi connectivity index (χ2v) is 2.66. The molecule has 0 heterocycles. The van der Waals surface area contributed by atoms with Gasteiger partial charge in [-0.05, 0) is 31.3 Å². The molecule has 3 nitrogen and oxygen atoms in total. The number of rotatable bonds is 2. The number of hydrogen-bond donors (Lipinski definition) is 1. The largest absolute Gasteiger partial charge is 0.506 e. The first-order valence-electron chi connectivity index (χ1n) is 3.82. The van der Waals surface area contributed by atoms with Gasteiger partial charge in [-0.25, -0.2) is 4.79 Å². The lowest BCUT2D eigenvalue weighted by atomic mass is 10.0. The first-order valence-corrected chi connectivity index (χ1v) is 3.82. The van der Waals surface area contributed by atoms with E-state index in [1.54, 1.807) is 0 Å². The second-order valence-electron chi connectivity index (χ2n) is 2.66. The first kappa shape index (κ1) is 8.11. The van der Waals surface area contributed by atoms with Crippen molar-refractivity contribution in [2.24, 2.45) is 0 Å². The molecule has 0 aliphatic heterocycles. The summed E-state index contributed by atoms with van der Waals surface area (Å²) in [5.41, 5.74) is 1.12. The third-order valence-corrected chi connectivity index (χ3v) is 1.77. The Labute approximate surface area is 65.7 Å². The zero-order valence-electron chi connectivity index (χ0n) is 6.38. The van der Waals surface area contributed by atoms with Gasteiger partial charge in [-0.2, -0.15) is 0 Å². The molecule has 0 aromatic heterocycles. The number of carboxylic acid groups (broad SMARTS) is 1. The predicted molar refractivity (Wildman–Crippen MR) is 40.5 cm³/mol. The van der Waals surface area contributed by atoms with Crippen LogP contribution < -0.4 is 0 Å². The summed E-state index contributed by atoms with van der Waals surface area (Å²) in [5.74, 6) is 0. The van der Waals surface area contributed by atoms with E-state index < -0.39 is 6.16 Å². The summed E-state index contributed by atoms with van der Waals surface area (Å²) in [5, 5.41) is 8.19. The molecule has 3 heteroatoms. The summed E-state index contributed by atoms with van der Waals surface area (Å²) in [6, 6.07) is 0. The Balaban J connectivity index is 2.24. The van der Waals surface area contributed by atoms with Crippen LogP contribution >= 0.6 is 0 Å². The molecule has 1 aliphatic carbocycles. The summed E-state index contributed by atoms with van der Waals surface area (Å²) in [6.45, 7) is 0.259. The van der Waals surface area contributed by atoms with Gasteiger partial charge in [0.05, 0.1) is 0 Å². The molecule has 0 unspecified atom stereocenters. The SMILES string of the molecule is O=C(O)OCC1=CCCCC1. The molecule has 0 bridgehead atoms. The molecule has 0 amide bonds. The highest BCUT2D eigenvalue weighted by molar-refractivity contribution is 5.57. The normalized spacial score (nSPS) is 17.3. The van der Waals surface area contributed by atoms with Crippen LogP contribution in [-0.4, -0.2) is 17.9 Å². The minimum atomic E-state index is -1.18. The standard InChI is InChI=1S/C8H12O3/c9-8(10)11-6-7-4-2-1-3-5-7/h4H,1-3,5-6H2,(H,9,10). The Hall–Kier alpha value is -0.990. The summed E-state index contributed by atoms with van der Waals surface area (Å²) in [7, 11) is 0. The first-order chi connectivity index (χ1) is 5.29. The van der Waals surface area contributed by atoms with Crippen LogP contribution in [0.3, 0.4) is 0 Å². The van der Waals surface area contributed by atoms with E-state index in [4.69, 9.17) is 5.11 Å². The van der Waals surface area contributed by atoms with Gasteiger partial charge in [0, 0.05) is 0 Å². The number of hydrogen-bond acceptors (Lipinski definition) is 2. The molecule has 62 valence electrons. The van der Waals surface area contributed by atoms with Crippen molar-refractivity contribution in [3.05, 3.63) is 11.6 Å². The molecule has 0 aromatic carbocycles. The predicted octanol–water partition coefficient (Wildman–Crippen LogP) is 2.18. The van der Waals surface area contributed by atoms with Crippen LogP contribution in [0.1, 0.15) is 25.7 Å². The quantitative estimate of drug-likeness (QED) is 0.492. The highest BCUT2D eigenvalue weighted by Crippen LogP contribution is 2.17. The van der Waals surface area contributed by atoms with Crippen molar-refractivity contribution in [2.75, 3.05) is 6.61 Å². The van der Waals surface area contributed by atoms with Crippen LogP contribution in [0.15, 0.2) is 11.6 Å². The van der Waals surface area contributed by atoms with E-state index in [2.05, 4.69) is 10.8 Å². The molecule has 0 spiro atoms. The molecular weight excluding hydrogens is 144 g/mol. The van der Waals surface area contributed by atoms with Gasteiger partial charge in [-0.3, -0.25) is 0 Å². The van der Waals surface area contributed by atoms with Crippen molar-refractivity contribution >= 4 is 6.16 Å². The topological polar surface area (TPSA) is 46.5 Å². The Morgan fingerprint density at radius 3 is 3.00 bits per heavy atom. The lowest BCUT2D eigenvalue weighted by Crippen LogP contribution is -2.06. The molecule has 11 heavy (non-hydrogen) atoms. The monoisotopic (exact) mass is 156 g/mol. The molecule has 1 aliphatic rings. The van der Waals surface area contributed by atoms with E-state index >= 15 is 0 Å². The van der Waals surface area contributed by atoms with Gasteiger partial charge in [0.15, 0.2) is 0 Å². The number of ether oxygens (including phenoxy) is 1. The maximum absolute atomic E-state index is 9.99. The van der Waals surface area contributed by atoms with Gasteiger partial charge in [0.1, 0.15) is 6.61 Å². The highest BCUT2D eigenvalue weighted by atomic mass is 16.7. The zero-order chi connectivity index (χ0) is 8.10. The van der Waals surface area contributed by atoms with Crippen molar-refractivity contribution < 1.29 is 14.6 Å². The molecule has 1 N–H and O–H groups in total. The van der Waals surface area contributed by atoms with E-state index in [1.807, 2.05) is 0 Å². The van der Waals surface area contributed by atoms with Crippen LogP contribution in [0.25, 0.3) is 0 Å². The Morgan fingerprint density at radius 2 is 2.45 bits per heavy atom. The smallest absolute Gasteiger partial charge is 0.450 e. The fraction of sp³-hybridized carbons (Fsp3) is 0.625. The summed E-state index contributed by atoms with van der Waals surface area (Å²) in [6.07, 6.45) is 5.33. The van der Waals surface area contributed by atoms with Crippen LogP contribution in [0.2, 0.25) is 0 Å². The van der Waals surface area contributed by atoms with Crippen molar-refractivity contribution in [2.45, 2.75) is 25.7 Å². The molecular formula is C8H12O3. The number of carbonyl (C=O) groups is 1. The number of allylic oxidation sites excluding steroid dienone is 1. The fourth-order valence-corrected chi connectivity index (χ4v) is 1.19. The average molecular weight is 156 g/mol. The minimum Gasteiger partial charge on any atom is -0.450 e. The molecule has 0 atom stereocenters. The Kier molecular flexibility index (Phi) is 2.95. The van der Waals surface area contributed by atoms with Crippen LogP contribution in [0, 0.1) is 0 Å². The van der Waals surface area contributed by atoms with Crippen LogP contribution in [0.5, 0.6) is 0 Å². The van der Waals surface area contributed by atoms with Gasteiger partial charge in [-0.15, -0.1) is 0 Å². The Morgan fingerprint density at radius 1 is 1.64 bits per heavy atom. The third kappa shape index (κ3) is 3.07. The van der Waals surface area contributed by atoms with Gasteiger partial charge in [0.25, 0.3) is 0 Å². The van der Waals surface area contributed by atoms with Crippen molar-refractivity contribution in [3.63, 3.8) is 0 Å². The fourth-order valence-electron chi connectivity index (χ4n) is 1.19. The maximum atomic E-state index is 9.99. The summed E-state index contributed by atoms with van der Waals surface area (Å²) in [4.78, 5) is 9.99. The van der Waals surface area contributed by atoms with E-state index in [9.17, 15) is 4.79 Å². The van der Waals surface area contributed by atoms with Crippen molar-refractivity contribution in [1.82, 2.24) is 0 Å². The second kappa shape index (κ2) is 4.01. The molecule has 0 saturated heterocycles. The lowest BCUT2D eigenvalue weighted by molar-refractivity contribution is 0.0987. The van der Waals surface area contributed by atoms with Crippen molar-refractivity contribution in [3.8, 4) is 0 Å². The maximum Gasteiger partial charge on any atom is 0.506 e. The lowest BCUT2D eigenvalue weighted by Gasteiger charge is -2.10. The van der Waals surface area contributed by atoms with Crippen LogP contribution in [-0.2, 0) is 4.74 Å². The van der Waals surface area contributed by atoms with Gasteiger partial charge < -0.3 is 9.84 Å². The molecule has 1 rings (SSSR count). The highest BCUT2D eigenvalue weighted by Gasteiger charge is 2.05. The van der Waals surface area contributed by atoms with Gasteiger partial charge in [-0.1, -0.05) is 6.08 Å². The van der Waals surface area contributed by atoms with E-state index in [0.717, 1.165) is 24.8 Å². The van der Waals surface area contributed by atoms with Gasteiger partial charge >= 0.3 is 6.16 Å². The molecule has 0 radical (unpaired) electrons. The van der Waals surface area contributed by atoms with Gasteiger partial charge in [0.2, 0.25) is 0 Å². The molecule has 0 fully saturated rings. The summed E-state index contributed by atoms with van der Waals surface area (Å²) < 4.78 is 4.43. The molecule has 0 aromatic rings. The van der Waals surface area contributed by atoms with E-state index in [-0.39, 0.29) is 6.61 Å². The van der Waals surface area contributed by atoms with E-state index in [0.29, 0.717) is 0 Å². The van der Waals surface area contributed by atoms with Crippen molar-refractivity contribution in [1.29, 1.82) is 0 Å². The molecule has 0 saturated carbocycles. The summed E-state index contributed by atoms with van der Waals surface area (Å²) >= 11 is 0. The zero-order valence-corrected chi connectivity index (χ0v) is 6.38. The third-order valence-electron chi connectivity index (χ3n) is 1.77. The van der Waals surface area contributed by atoms with Crippen LogP contribution in [0.4, 0.5) is 4.79 Å². The van der Waals surface area contributed by atoms with E-state index in [1.165, 1.54) is 6.42 Å². The minimum absolute atomic E-state index is 0.259.